The summed E-state index contributed by atoms with van der Waals surface area (Å²) in [6.45, 7) is 1.19. The third-order valence-corrected chi connectivity index (χ3v) is 4.23. The van der Waals surface area contributed by atoms with E-state index in [2.05, 4.69) is 25.6 Å². The van der Waals surface area contributed by atoms with Crippen molar-refractivity contribution in [1.82, 2.24) is 15.0 Å². The predicted molar refractivity (Wildman–Crippen MR) is 107 cm³/mol. The van der Waals surface area contributed by atoms with Crippen molar-refractivity contribution >= 4 is 46.5 Å². The van der Waals surface area contributed by atoms with Crippen LogP contribution in [0.5, 0.6) is 0 Å². The van der Waals surface area contributed by atoms with Gasteiger partial charge in [-0.05, 0) is 48.0 Å². The second-order valence-electron chi connectivity index (χ2n) is 6.01. The minimum absolute atomic E-state index is 0.0483. The lowest BCUT2D eigenvalue weighted by Gasteiger charge is -2.26. The molecule has 2 heterocycles. The lowest BCUT2D eigenvalue weighted by atomic mass is 10.2. The van der Waals surface area contributed by atoms with Crippen LogP contribution in [0.2, 0.25) is 5.28 Å². The Labute approximate surface area is 166 Å². The normalized spacial score (nSPS) is 14.0. The van der Waals surface area contributed by atoms with Gasteiger partial charge in [-0.25, -0.2) is 0 Å². The van der Waals surface area contributed by atoms with Gasteiger partial charge in [0.2, 0.25) is 17.2 Å². The Bertz CT molecular complexity index is 968. The molecule has 28 heavy (non-hydrogen) atoms. The monoisotopic (exact) mass is 396 g/mol. The van der Waals surface area contributed by atoms with Crippen molar-refractivity contribution in [3.05, 3.63) is 59.9 Å². The molecule has 0 radical (unpaired) electrons. The van der Waals surface area contributed by atoms with Crippen LogP contribution in [0.25, 0.3) is 0 Å². The largest absolute Gasteiger partial charge is 0.370 e. The third kappa shape index (κ3) is 4.36. The maximum absolute atomic E-state index is 11.9. The van der Waals surface area contributed by atoms with E-state index in [9.17, 15) is 4.79 Å². The molecule has 1 aliphatic rings. The van der Waals surface area contributed by atoms with Crippen molar-refractivity contribution < 1.29 is 9.53 Å². The van der Waals surface area contributed by atoms with Gasteiger partial charge in [-0.1, -0.05) is 18.2 Å². The average Bonchev–Trinajstić information content (AvgIpc) is 2.69. The number of nitrogens with one attached hydrogen (secondary N) is 2. The molecule has 1 saturated heterocycles. The molecule has 0 atom stereocenters. The highest BCUT2D eigenvalue weighted by molar-refractivity contribution is 6.28. The minimum atomic E-state index is -0.0483. The number of nitrogens with zero attached hydrogens (tertiary/aromatic N) is 4. The van der Waals surface area contributed by atoms with Crippen LogP contribution >= 0.6 is 11.6 Å². The number of hydrogen-bond donors (Lipinski definition) is 2. The number of benzene rings is 2. The van der Waals surface area contributed by atoms with E-state index in [0.29, 0.717) is 25.0 Å². The smallest absolute Gasteiger partial charge is 0.253 e. The molecule has 4 rings (SSSR count). The molecule has 0 unspecified atom stereocenters. The summed E-state index contributed by atoms with van der Waals surface area (Å²) in [5.74, 6) is 0.602. The number of aromatic nitrogens is 3. The predicted octanol–water partition coefficient (Wildman–Crippen LogP) is 3.38. The fourth-order valence-electron chi connectivity index (χ4n) is 2.76. The molecule has 142 valence electrons. The summed E-state index contributed by atoms with van der Waals surface area (Å²) in [6, 6.07) is 16.9. The molecule has 3 aromatic rings. The molecule has 8 nitrogen and oxygen atoms in total. The number of morpholine rings is 1. The van der Waals surface area contributed by atoms with Gasteiger partial charge < -0.3 is 20.3 Å². The van der Waals surface area contributed by atoms with Crippen LogP contribution in [-0.2, 0) is 9.53 Å². The van der Waals surface area contributed by atoms with Crippen LogP contribution in [0.1, 0.15) is 0 Å². The highest BCUT2D eigenvalue weighted by Gasteiger charge is 2.19. The Morgan fingerprint density at radius 2 is 1.54 bits per heavy atom. The number of carbonyl (C=O) groups is 1. The first-order chi connectivity index (χ1) is 13.7. The first-order valence-electron chi connectivity index (χ1n) is 8.66. The lowest BCUT2D eigenvalue weighted by molar-refractivity contribution is -0.125. The van der Waals surface area contributed by atoms with Crippen molar-refractivity contribution in [3.8, 4) is 0 Å². The highest BCUT2D eigenvalue weighted by Crippen LogP contribution is 2.22. The van der Waals surface area contributed by atoms with Gasteiger partial charge in [-0.2, -0.15) is 15.0 Å². The number of carbonyl (C=O) groups excluding carboxylic acids is 1. The number of rotatable bonds is 5. The van der Waals surface area contributed by atoms with E-state index >= 15 is 0 Å². The molecule has 1 aliphatic heterocycles. The zero-order valence-electron chi connectivity index (χ0n) is 14.8. The Morgan fingerprint density at radius 3 is 2.18 bits per heavy atom. The third-order valence-electron chi connectivity index (χ3n) is 4.06. The molecule has 0 spiro atoms. The maximum Gasteiger partial charge on any atom is 0.253 e. The van der Waals surface area contributed by atoms with Gasteiger partial charge >= 0.3 is 0 Å². The maximum atomic E-state index is 11.9. The first kappa shape index (κ1) is 18.1. The molecule has 0 bridgehead atoms. The van der Waals surface area contributed by atoms with E-state index in [4.69, 9.17) is 16.3 Å². The Balaban J connectivity index is 1.48. The average molecular weight is 397 g/mol. The van der Waals surface area contributed by atoms with E-state index in [-0.39, 0.29) is 17.8 Å². The van der Waals surface area contributed by atoms with Crippen LogP contribution in [0.4, 0.5) is 29.0 Å². The summed E-state index contributed by atoms with van der Waals surface area (Å²) in [5, 5.41) is 6.26. The molecule has 0 aliphatic carbocycles. The van der Waals surface area contributed by atoms with Crippen molar-refractivity contribution in [2.75, 3.05) is 35.3 Å². The van der Waals surface area contributed by atoms with Crippen molar-refractivity contribution in [2.24, 2.45) is 0 Å². The van der Waals surface area contributed by atoms with E-state index in [0.717, 1.165) is 17.1 Å². The fourth-order valence-corrected chi connectivity index (χ4v) is 2.92. The van der Waals surface area contributed by atoms with E-state index in [1.807, 2.05) is 54.6 Å². The van der Waals surface area contributed by atoms with Gasteiger partial charge in [0.05, 0.1) is 6.61 Å². The van der Waals surface area contributed by atoms with Crippen LogP contribution in [0.15, 0.2) is 54.6 Å². The summed E-state index contributed by atoms with van der Waals surface area (Å²) < 4.78 is 5.16. The van der Waals surface area contributed by atoms with E-state index < -0.39 is 0 Å². The first-order valence-corrected chi connectivity index (χ1v) is 9.04. The van der Waals surface area contributed by atoms with Crippen LogP contribution in [0, 0.1) is 0 Å². The quantitative estimate of drug-likeness (QED) is 0.682. The van der Waals surface area contributed by atoms with Gasteiger partial charge in [0.25, 0.3) is 5.91 Å². The van der Waals surface area contributed by atoms with Gasteiger partial charge in [0.1, 0.15) is 6.61 Å². The molecule has 0 saturated carbocycles. The molecule has 1 fully saturated rings. The van der Waals surface area contributed by atoms with Gasteiger partial charge in [0.15, 0.2) is 0 Å². The van der Waals surface area contributed by atoms with Crippen molar-refractivity contribution in [1.29, 1.82) is 0 Å². The molecule has 2 N–H and O–H groups in total. The Hall–Kier alpha value is -3.23. The van der Waals surface area contributed by atoms with Crippen LogP contribution < -0.4 is 15.5 Å². The number of halogens is 1. The van der Waals surface area contributed by atoms with Crippen LogP contribution in [-0.4, -0.2) is 40.6 Å². The van der Waals surface area contributed by atoms with Crippen molar-refractivity contribution in [2.45, 2.75) is 0 Å². The van der Waals surface area contributed by atoms with Crippen LogP contribution in [0.3, 0.4) is 0 Å². The van der Waals surface area contributed by atoms with E-state index in [1.54, 1.807) is 4.90 Å². The standard InChI is InChI=1S/C19H17ClN6O2/c20-17-23-18(21-13-4-2-1-3-5-13)25-19(24-17)22-14-6-8-15(9-7-14)26-10-11-28-12-16(26)27/h1-9H,10-12H2,(H2,21,22,23,24,25). The molecular formula is C19H17ClN6O2. The number of anilines is 5. The summed E-state index contributed by atoms with van der Waals surface area (Å²) in [5.41, 5.74) is 2.42. The van der Waals surface area contributed by atoms with Crippen molar-refractivity contribution in [3.63, 3.8) is 0 Å². The molecule has 1 amide bonds. The molecular weight excluding hydrogens is 380 g/mol. The fraction of sp³-hybridized carbons (Fsp3) is 0.158. The minimum Gasteiger partial charge on any atom is -0.370 e. The summed E-state index contributed by atoms with van der Waals surface area (Å²) >= 11 is 6.03. The van der Waals surface area contributed by atoms with Gasteiger partial charge in [-0.15, -0.1) is 0 Å². The summed E-state index contributed by atoms with van der Waals surface area (Å²) in [6.07, 6.45) is 0. The second kappa shape index (κ2) is 8.20. The Kier molecular flexibility index (Phi) is 5.31. The SMILES string of the molecule is O=C1COCCN1c1ccc(Nc2nc(Cl)nc(Nc3ccccc3)n2)cc1. The van der Waals surface area contributed by atoms with Gasteiger partial charge in [-0.3, -0.25) is 4.79 Å². The number of ether oxygens (including phenoxy) is 1. The highest BCUT2D eigenvalue weighted by atomic mass is 35.5. The number of para-hydroxylation sites is 1. The number of amides is 1. The number of hydrogen-bond acceptors (Lipinski definition) is 7. The second-order valence-corrected chi connectivity index (χ2v) is 6.35. The molecule has 1 aromatic heterocycles. The molecule has 9 heteroatoms. The zero-order chi connectivity index (χ0) is 19.3. The van der Waals surface area contributed by atoms with E-state index in [1.165, 1.54) is 0 Å². The van der Waals surface area contributed by atoms with Gasteiger partial charge in [0, 0.05) is 23.6 Å². The lowest BCUT2D eigenvalue weighted by Crippen LogP contribution is -2.41. The zero-order valence-corrected chi connectivity index (χ0v) is 15.6. The molecule has 2 aromatic carbocycles. The summed E-state index contributed by atoms with van der Waals surface area (Å²) in [4.78, 5) is 26.2. The Morgan fingerprint density at radius 1 is 0.893 bits per heavy atom. The topological polar surface area (TPSA) is 92.3 Å². The summed E-state index contributed by atoms with van der Waals surface area (Å²) in [7, 11) is 0.